The largest absolute Gasteiger partial charge is 0.322 e. The summed E-state index contributed by atoms with van der Waals surface area (Å²) in [5.41, 5.74) is 3.63. The van der Waals surface area contributed by atoms with Crippen molar-refractivity contribution in [2.24, 2.45) is 0 Å². The lowest BCUT2D eigenvalue weighted by atomic mass is 10.1. The van der Waals surface area contributed by atoms with E-state index in [-0.39, 0.29) is 5.91 Å². The third-order valence-corrected chi connectivity index (χ3v) is 5.69. The van der Waals surface area contributed by atoms with Crippen LogP contribution in [-0.2, 0) is 11.3 Å². The molecule has 0 spiro atoms. The Kier molecular flexibility index (Phi) is 6.72. The van der Waals surface area contributed by atoms with E-state index in [1.807, 2.05) is 24.5 Å². The van der Waals surface area contributed by atoms with Gasteiger partial charge >= 0.3 is 0 Å². The van der Waals surface area contributed by atoms with Gasteiger partial charge in [0.15, 0.2) is 6.54 Å². The zero-order valence-electron chi connectivity index (χ0n) is 15.7. The molecule has 1 fully saturated rings. The highest BCUT2D eigenvalue weighted by molar-refractivity contribution is 7.98. The van der Waals surface area contributed by atoms with Crippen LogP contribution in [0.5, 0.6) is 0 Å². The second kappa shape index (κ2) is 9.21. The Morgan fingerprint density at radius 1 is 1.04 bits per heavy atom. The molecular weight excluding hydrogens is 342 g/mol. The van der Waals surface area contributed by atoms with Crippen LogP contribution in [0.3, 0.4) is 0 Å². The van der Waals surface area contributed by atoms with Crippen molar-refractivity contribution in [3.05, 3.63) is 59.7 Å². The number of benzene rings is 2. The number of quaternary nitrogens is 2. The molecule has 0 bridgehead atoms. The summed E-state index contributed by atoms with van der Waals surface area (Å²) in [6.07, 6.45) is 2.05. The molecule has 4 nitrogen and oxygen atoms in total. The van der Waals surface area contributed by atoms with Crippen molar-refractivity contribution in [2.45, 2.75) is 18.4 Å². The van der Waals surface area contributed by atoms with Gasteiger partial charge in [-0.05, 0) is 31.4 Å². The summed E-state index contributed by atoms with van der Waals surface area (Å²) < 4.78 is 0. The van der Waals surface area contributed by atoms with Gasteiger partial charge in [-0.3, -0.25) is 4.79 Å². The SMILES string of the molecule is CSc1cccc(NC(=O)C[NH+]2CC[NH+](Cc3cccc(C)c3)CC2)c1. The number of amides is 1. The number of carbonyl (C=O) groups is 1. The summed E-state index contributed by atoms with van der Waals surface area (Å²) >= 11 is 1.69. The molecule has 0 unspecified atom stereocenters. The van der Waals surface area contributed by atoms with E-state index in [4.69, 9.17) is 0 Å². The molecule has 5 heteroatoms. The lowest BCUT2D eigenvalue weighted by Crippen LogP contribution is -3.28. The zero-order chi connectivity index (χ0) is 18.4. The fourth-order valence-electron chi connectivity index (χ4n) is 3.55. The number of nitrogens with one attached hydrogen (secondary N) is 3. The lowest BCUT2D eigenvalue weighted by Gasteiger charge is -2.29. The van der Waals surface area contributed by atoms with Crippen LogP contribution in [0, 0.1) is 6.92 Å². The number of rotatable bonds is 6. The van der Waals surface area contributed by atoms with Gasteiger partial charge < -0.3 is 15.1 Å². The number of thioether (sulfide) groups is 1. The quantitative estimate of drug-likeness (QED) is 0.652. The molecule has 1 aliphatic heterocycles. The summed E-state index contributed by atoms with van der Waals surface area (Å²) in [7, 11) is 0. The average molecular weight is 372 g/mol. The second-order valence-corrected chi connectivity index (χ2v) is 8.00. The Labute approximate surface area is 160 Å². The van der Waals surface area contributed by atoms with Gasteiger partial charge in [0.1, 0.15) is 32.7 Å². The first-order chi connectivity index (χ1) is 12.6. The molecular formula is C21H29N3OS+2. The maximum atomic E-state index is 12.3. The van der Waals surface area contributed by atoms with Crippen molar-refractivity contribution in [3.8, 4) is 0 Å². The number of carbonyl (C=O) groups excluding carboxylic acids is 1. The highest BCUT2D eigenvalue weighted by atomic mass is 32.2. The fraction of sp³-hybridized carbons (Fsp3) is 0.381. The van der Waals surface area contributed by atoms with Crippen LogP contribution in [0.2, 0.25) is 0 Å². The van der Waals surface area contributed by atoms with Gasteiger partial charge in [-0.15, -0.1) is 11.8 Å². The van der Waals surface area contributed by atoms with E-state index in [1.165, 1.54) is 20.9 Å². The van der Waals surface area contributed by atoms with Crippen LogP contribution in [0.1, 0.15) is 11.1 Å². The summed E-state index contributed by atoms with van der Waals surface area (Å²) in [6, 6.07) is 16.8. The minimum atomic E-state index is 0.111. The highest BCUT2D eigenvalue weighted by Crippen LogP contribution is 2.18. The molecule has 1 saturated heterocycles. The molecule has 2 aromatic carbocycles. The Morgan fingerprint density at radius 2 is 1.77 bits per heavy atom. The molecule has 1 amide bonds. The highest BCUT2D eigenvalue weighted by Gasteiger charge is 2.24. The first-order valence-corrected chi connectivity index (χ1v) is 10.5. The smallest absolute Gasteiger partial charge is 0.279 e. The lowest BCUT2D eigenvalue weighted by molar-refractivity contribution is -1.02. The molecule has 0 radical (unpaired) electrons. The number of aryl methyl sites for hydroxylation is 1. The molecule has 1 heterocycles. The van der Waals surface area contributed by atoms with E-state index in [0.717, 1.165) is 38.4 Å². The molecule has 0 aromatic heterocycles. The number of anilines is 1. The van der Waals surface area contributed by atoms with Gasteiger partial charge in [0.05, 0.1) is 0 Å². The predicted molar refractivity (Wildman–Crippen MR) is 108 cm³/mol. The Morgan fingerprint density at radius 3 is 2.50 bits per heavy atom. The second-order valence-electron chi connectivity index (χ2n) is 7.12. The normalized spacial score (nSPS) is 19.9. The summed E-state index contributed by atoms with van der Waals surface area (Å²) in [5, 5.41) is 3.04. The van der Waals surface area contributed by atoms with E-state index in [2.05, 4.69) is 42.6 Å². The first kappa shape index (κ1) is 19.0. The first-order valence-electron chi connectivity index (χ1n) is 9.29. The van der Waals surface area contributed by atoms with E-state index < -0.39 is 0 Å². The van der Waals surface area contributed by atoms with E-state index in [0.29, 0.717) is 6.54 Å². The maximum absolute atomic E-state index is 12.3. The number of hydrogen-bond acceptors (Lipinski definition) is 2. The molecule has 26 heavy (non-hydrogen) atoms. The third kappa shape index (κ3) is 5.59. The summed E-state index contributed by atoms with van der Waals surface area (Å²) in [4.78, 5) is 16.5. The van der Waals surface area contributed by atoms with Gasteiger partial charge in [0.2, 0.25) is 0 Å². The van der Waals surface area contributed by atoms with E-state index in [9.17, 15) is 4.79 Å². The fourth-order valence-corrected chi connectivity index (χ4v) is 4.01. The van der Waals surface area contributed by atoms with Crippen LogP contribution in [0.25, 0.3) is 0 Å². The Balaban J connectivity index is 1.44. The van der Waals surface area contributed by atoms with Crippen molar-refractivity contribution < 1.29 is 14.6 Å². The topological polar surface area (TPSA) is 38.0 Å². The minimum absolute atomic E-state index is 0.111. The van der Waals surface area contributed by atoms with Gasteiger partial charge in [-0.25, -0.2) is 0 Å². The van der Waals surface area contributed by atoms with Gasteiger partial charge in [-0.1, -0.05) is 35.9 Å². The zero-order valence-corrected chi connectivity index (χ0v) is 16.5. The van der Waals surface area contributed by atoms with Gasteiger partial charge in [0, 0.05) is 16.1 Å². The van der Waals surface area contributed by atoms with Crippen molar-refractivity contribution in [1.82, 2.24) is 0 Å². The molecule has 0 atom stereocenters. The molecule has 0 aliphatic carbocycles. The van der Waals surface area contributed by atoms with E-state index in [1.54, 1.807) is 16.7 Å². The molecule has 2 aromatic rings. The Bertz CT molecular complexity index is 742. The van der Waals surface area contributed by atoms with Crippen molar-refractivity contribution in [2.75, 3.05) is 44.3 Å². The van der Waals surface area contributed by atoms with Crippen molar-refractivity contribution >= 4 is 23.4 Å². The van der Waals surface area contributed by atoms with Gasteiger partial charge in [-0.2, -0.15) is 0 Å². The molecule has 1 aliphatic rings. The third-order valence-electron chi connectivity index (χ3n) is 4.96. The van der Waals surface area contributed by atoms with Crippen LogP contribution in [-0.4, -0.2) is 44.9 Å². The van der Waals surface area contributed by atoms with Crippen LogP contribution in [0.4, 0.5) is 5.69 Å². The summed E-state index contributed by atoms with van der Waals surface area (Å²) in [6.45, 7) is 8.15. The molecule has 3 rings (SSSR count). The standard InChI is InChI=1S/C21H27N3OS/c1-17-5-3-6-18(13-17)15-23-9-11-24(12-10-23)16-21(25)22-19-7-4-8-20(14-19)26-2/h3-8,13-14H,9-12,15-16H2,1-2H3,(H,22,25)/p+2. The molecule has 0 saturated carbocycles. The van der Waals surface area contributed by atoms with Crippen LogP contribution < -0.4 is 15.1 Å². The molecule has 3 N–H and O–H groups in total. The number of piperazine rings is 1. The predicted octanol–water partition coefficient (Wildman–Crippen LogP) is 0.639. The maximum Gasteiger partial charge on any atom is 0.279 e. The van der Waals surface area contributed by atoms with Gasteiger partial charge in [0.25, 0.3) is 5.91 Å². The van der Waals surface area contributed by atoms with Crippen molar-refractivity contribution in [1.29, 1.82) is 0 Å². The Hall–Kier alpha value is -1.82. The van der Waals surface area contributed by atoms with E-state index >= 15 is 0 Å². The summed E-state index contributed by atoms with van der Waals surface area (Å²) in [5.74, 6) is 0.111. The van der Waals surface area contributed by atoms with Crippen molar-refractivity contribution in [3.63, 3.8) is 0 Å². The number of hydrogen-bond donors (Lipinski definition) is 3. The average Bonchev–Trinajstić information content (AvgIpc) is 2.63. The molecule has 138 valence electrons. The monoisotopic (exact) mass is 371 g/mol. The van der Waals surface area contributed by atoms with Crippen LogP contribution >= 0.6 is 11.8 Å². The van der Waals surface area contributed by atoms with Crippen LogP contribution in [0.15, 0.2) is 53.4 Å². The minimum Gasteiger partial charge on any atom is -0.322 e.